The van der Waals surface area contributed by atoms with Crippen molar-refractivity contribution >= 4 is 17.1 Å². The highest BCUT2D eigenvalue weighted by Gasteiger charge is 2.17. The van der Waals surface area contributed by atoms with E-state index in [4.69, 9.17) is 4.74 Å². The Bertz CT molecular complexity index is 1140. The summed E-state index contributed by atoms with van der Waals surface area (Å²) in [6.07, 6.45) is 2.70. The molecule has 9 heteroatoms. The monoisotopic (exact) mass is 382 g/mol. The molecule has 0 aliphatic carbocycles. The van der Waals surface area contributed by atoms with Crippen LogP contribution >= 0.6 is 0 Å². The first-order chi connectivity index (χ1) is 13.5. The first-order valence-electron chi connectivity index (χ1n) is 8.82. The Balaban J connectivity index is 1.96. The summed E-state index contributed by atoms with van der Waals surface area (Å²) in [6, 6.07) is 10.0. The maximum Gasteiger partial charge on any atom is 0.329 e. The van der Waals surface area contributed by atoms with E-state index < -0.39 is 11.2 Å². The number of benzene rings is 1. The van der Waals surface area contributed by atoms with Crippen LogP contribution in [0.5, 0.6) is 0 Å². The number of fused-ring (bicyclic) bond motifs is 1. The highest BCUT2D eigenvalue weighted by atomic mass is 16.5. The molecule has 2 heterocycles. The van der Waals surface area contributed by atoms with Crippen molar-refractivity contribution in [1.82, 2.24) is 19.1 Å². The number of azo groups is 1. The van der Waals surface area contributed by atoms with Gasteiger partial charge < -0.3 is 4.74 Å². The average Bonchev–Trinajstić information content (AvgIpc) is 3.07. The summed E-state index contributed by atoms with van der Waals surface area (Å²) >= 11 is 0. The SMILES string of the molecule is COCCn1c(N=N/C(C)=C/Cc2ccccc2)nc2c1c(=O)[nH]c(=O)n2C. The second-order valence-corrected chi connectivity index (χ2v) is 6.28. The number of allylic oxidation sites excluding steroid dienone is 2. The van der Waals surface area contributed by atoms with Gasteiger partial charge in [-0.3, -0.25) is 18.9 Å². The molecule has 0 radical (unpaired) electrons. The van der Waals surface area contributed by atoms with Gasteiger partial charge in [0.15, 0.2) is 11.2 Å². The van der Waals surface area contributed by atoms with E-state index in [-0.39, 0.29) is 17.1 Å². The molecule has 1 N–H and O–H groups in total. The van der Waals surface area contributed by atoms with E-state index in [1.165, 1.54) is 10.1 Å². The lowest BCUT2D eigenvalue weighted by atomic mass is 10.1. The van der Waals surface area contributed by atoms with Gasteiger partial charge in [-0.1, -0.05) is 36.4 Å². The number of imidazole rings is 1. The van der Waals surface area contributed by atoms with Gasteiger partial charge in [-0.05, 0) is 18.9 Å². The number of aromatic nitrogens is 4. The summed E-state index contributed by atoms with van der Waals surface area (Å²) in [4.78, 5) is 30.8. The van der Waals surface area contributed by atoms with E-state index in [0.29, 0.717) is 13.2 Å². The molecule has 3 aromatic rings. The van der Waals surface area contributed by atoms with Crippen molar-refractivity contribution in [2.24, 2.45) is 17.3 Å². The second-order valence-electron chi connectivity index (χ2n) is 6.28. The van der Waals surface area contributed by atoms with E-state index in [1.54, 1.807) is 18.7 Å². The Morgan fingerprint density at radius 2 is 2.04 bits per heavy atom. The highest BCUT2D eigenvalue weighted by Crippen LogP contribution is 2.19. The number of rotatable bonds is 7. The maximum absolute atomic E-state index is 12.3. The van der Waals surface area contributed by atoms with Crippen LogP contribution < -0.4 is 11.2 Å². The Morgan fingerprint density at radius 1 is 1.29 bits per heavy atom. The van der Waals surface area contributed by atoms with Crippen LogP contribution in [0.3, 0.4) is 0 Å². The molecular formula is C19H22N6O3. The maximum atomic E-state index is 12.3. The minimum Gasteiger partial charge on any atom is -0.383 e. The molecular weight excluding hydrogens is 360 g/mol. The molecule has 28 heavy (non-hydrogen) atoms. The molecule has 1 aromatic carbocycles. The van der Waals surface area contributed by atoms with Gasteiger partial charge in [0.1, 0.15) is 0 Å². The van der Waals surface area contributed by atoms with Crippen molar-refractivity contribution in [2.75, 3.05) is 13.7 Å². The van der Waals surface area contributed by atoms with Crippen LogP contribution in [0.25, 0.3) is 11.2 Å². The third kappa shape index (κ3) is 4.15. The van der Waals surface area contributed by atoms with Gasteiger partial charge in [-0.25, -0.2) is 4.79 Å². The molecule has 0 saturated heterocycles. The van der Waals surface area contributed by atoms with Crippen LogP contribution in [0.4, 0.5) is 5.95 Å². The fraction of sp³-hybridized carbons (Fsp3) is 0.316. The minimum atomic E-state index is -0.531. The Morgan fingerprint density at radius 3 is 2.75 bits per heavy atom. The number of ether oxygens (including phenoxy) is 1. The van der Waals surface area contributed by atoms with Gasteiger partial charge in [0, 0.05) is 20.7 Å². The topological polar surface area (TPSA) is 107 Å². The van der Waals surface area contributed by atoms with Gasteiger partial charge in [-0.15, -0.1) is 5.11 Å². The molecule has 9 nitrogen and oxygen atoms in total. The van der Waals surface area contributed by atoms with E-state index in [2.05, 4.69) is 20.2 Å². The lowest BCUT2D eigenvalue weighted by Gasteiger charge is -2.04. The number of aromatic amines is 1. The number of hydrogen-bond acceptors (Lipinski definition) is 6. The molecule has 0 spiro atoms. The smallest absolute Gasteiger partial charge is 0.329 e. The Hall–Kier alpha value is -3.33. The van der Waals surface area contributed by atoms with Crippen LogP contribution in [0.15, 0.2) is 61.9 Å². The predicted octanol–water partition coefficient (Wildman–Crippen LogP) is 2.30. The second kappa shape index (κ2) is 8.57. The van der Waals surface area contributed by atoms with Crippen LogP contribution in [0.1, 0.15) is 12.5 Å². The first-order valence-corrected chi connectivity index (χ1v) is 8.82. The third-order valence-electron chi connectivity index (χ3n) is 4.28. The Labute approximate surface area is 161 Å². The quantitative estimate of drug-likeness (QED) is 0.633. The number of hydrogen-bond donors (Lipinski definition) is 1. The van der Waals surface area contributed by atoms with Gasteiger partial charge in [0.2, 0.25) is 0 Å². The molecule has 3 rings (SSSR count). The molecule has 0 atom stereocenters. The summed E-state index contributed by atoms with van der Waals surface area (Å²) in [6.45, 7) is 2.56. The number of H-pyrrole nitrogens is 1. The van der Waals surface area contributed by atoms with Crippen molar-refractivity contribution in [2.45, 2.75) is 19.9 Å². The normalized spacial score (nSPS) is 12.3. The van der Waals surface area contributed by atoms with Crippen molar-refractivity contribution in [1.29, 1.82) is 0 Å². The fourth-order valence-electron chi connectivity index (χ4n) is 2.74. The minimum absolute atomic E-state index is 0.242. The molecule has 0 amide bonds. The predicted molar refractivity (Wildman–Crippen MR) is 106 cm³/mol. The zero-order valence-electron chi connectivity index (χ0n) is 16.0. The molecule has 0 unspecified atom stereocenters. The van der Waals surface area contributed by atoms with Crippen molar-refractivity contribution in [3.05, 3.63) is 68.5 Å². The van der Waals surface area contributed by atoms with Crippen molar-refractivity contribution in [3.63, 3.8) is 0 Å². The number of aryl methyl sites for hydroxylation is 1. The number of methoxy groups -OCH3 is 1. The first kappa shape index (κ1) is 19.4. The van der Waals surface area contributed by atoms with Crippen LogP contribution in [0.2, 0.25) is 0 Å². The molecule has 0 aliphatic rings. The summed E-state index contributed by atoms with van der Waals surface area (Å²) in [5.74, 6) is 0.242. The largest absolute Gasteiger partial charge is 0.383 e. The molecule has 2 aromatic heterocycles. The molecule has 0 bridgehead atoms. The number of nitrogens with one attached hydrogen (secondary N) is 1. The molecule has 0 aliphatic heterocycles. The van der Waals surface area contributed by atoms with Gasteiger partial charge in [-0.2, -0.15) is 10.1 Å². The van der Waals surface area contributed by atoms with E-state index in [9.17, 15) is 9.59 Å². The van der Waals surface area contributed by atoms with E-state index in [0.717, 1.165) is 12.1 Å². The van der Waals surface area contributed by atoms with Crippen LogP contribution in [-0.4, -0.2) is 32.8 Å². The van der Waals surface area contributed by atoms with Crippen LogP contribution in [-0.2, 0) is 24.8 Å². The van der Waals surface area contributed by atoms with Crippen molar-refractivity contribution in [3.8, 4) is 0 Å². The van der Waals surface area contributed by atoms with E-state index in [1.807, 2.05) is 43.3 Å². The summed E-state index contributed by atoms with van der Waals surface area (Å²) in [5.41, 5.74) is 1.36. The molecule has 0 saturated carbocycles. The average molecular weight is 382 g/mol. The van der Waals surface area contributed by atoms with Gasteiger partial charge in [0.05, 0.1) is 12.3 Å². The summed E-state index contributed by atoms with van der Waals surface area (Å²) in [5, 5.41) is 8.42. The van der Waals surface area contributed by atoms with E-state index >= 15 is 0 Å². The fourth-order valence-corrected chi connectivity index (χ4v) is 2.74. The standard InChI is InChI=1S/C19H22N6O3/c1-13(9-10-14-7-5-4-6-8-14)22-23-18-20-16-15(25(18)11-12-28-3)17(26)21-19(27)24(16)2/h4-9H,10-12H2,1-3H3,(H,21,26,27)/b13-9+,23-22?. The van der Waals surface area contributed by atoms with Crippen molar-refractivity contribution < 1.29 is 4.74 Å². The number of nitrogens with zero attached hydrogens (tertiary/aromatic N) is 5. The zero-order valence-corrected chi connectivity index (χ0v) is 16.0. The van der Waals surface area contributed by atoms with Gasteiger partial charge >= 0.3 is 5.69 Å². The zero-order chi connectivity index (χ0) is 20.1. The lowest BCUT2D eigenvalue weighted by Crippen LogP contribution is -2.29. The summed E-state index contributed by atoms with van der Waals surface area (Å²) in [7, 11) is 3.11. The molecule has 0 fully saturated rings. The lowest BCUT2D eigenvalue weighted by molar-refractivity contribution is 0.188. The third-order valence-corrected chi connectivity index (χ3v) is 4.28. The highest BCUT2D eigenvalue weighted by molar-refractivity contribution is 5.73. The van der Waals surface area contributed by atoms with Crippen LogP contribution in [0, 0.1) is 0 Å². The Kier molecular flexibility index (Phi) is 5.95. The van der Waals surface area contributed by atoms with Gasteiger partial charge in [0.25, 0.3) is 11.5 Å². The summed E-state index contributed by atoms with van der Waals surface area (Å²) < 4.78 is 7.99. The molecule has 146 valence electrons.